The summed E-state index contributed by atoms with van der Waals surface area (Å²) < 4.78 is 7.22. The Bertz CT molecular complexity index is 659. The quantitative estimate of drug-likeness (QED) is 0.523. The van der Waals surface area contributed by atoms with Gasteiger partial charge in [0.15, 0.2) is 0 Å². The normalized spacial score (nSPS) is 11.9. The van der Waals surface area contributed by atoms with Crippen molar-refractivity contribution in [1.82, 2.24) is 4.57 Å². The summed E-state index contributed by atoms with van der Waals surface area (Å²) in [5.41, 5.74) is 6.36. The Morgan fingerprint density at radius 2 is 2.00 bits per heavy atom. The monoisotopic (exact) mass is 290 g/mol. The van der Waals surface area contributed by atoms with Crippen molar-refractivity contribution in [2.75, 3.05) is 12.3 Å². The molecule has 1 aromatic heterocycles. The van der Waals surface area contributed by atoms with Gasteiger partial charge in [0.05, 0.1) is 0 Å². The highest BCUT2D eigenvalue weighted by Crippen LogP contribution is 2.13. The van der Waals surface area contributed by atoms with E-state index in [1.807, 2.05) is 12.1 Å². The molecule has 0 aliphatic carbocycles. The first kappa shape index (κ1) is 14.8. The van der Waals surface area contributed by atoms with Crippen LogP contribution in [0.5, 0.6) is 0 Å². The summed E-state index contributed by atoms with van der Waals surface area (Å²) in [4.78, 5) is 12.3. The summed E-state index contributed by atoms with van der Waals surface area (Å²) in [6.45, 7) is 7.94. The summed E-state index contributed by atoms with van der Waals surface area (Å²) in [6, 6.07) is 8.33. The van der Waals surface area contributed by atoms with Gasteiger partial charge < -0.3 is 10.5 Å². The molecule has 2 rings (SSSR count). The lowest BCUT2D eigenvalue weighted by Crippen LogP contribution is -2.24. The molecule has 0 fully saturated rings. The van der Waals surface area contributed by atoms with Crippen molar-refractivity contribution in [2.24, 2.45) is 0 Å². The van der Waals surface area contributed by atoms with E-state index in [2.05, 4.69) is 19.6 Å². The summed E-state index contributed by atoms with van der Waals surface area (Å²) in [6.07, 6.45) is 1.76. The lowest BCUT2D eigenvalue weighted by Gasteiger charge is -2.15. The molecule has 0 aliphatic heterocycles. The summed E-state index contributed by atoms with van der Waals surface area (Å²) in [5.74, 6) is 0. The van der Waals surface area contributed by atoms with E-state index in [1.54, 1.807) is 22.9 Å². The molecule has 0 amide bonds. The van der Waals surface area contributed by atoms with Crippen LogP contribution in [0.4, 0.5) is 5.69 Å². The minimum atomic E-state index is -1.09. The molecular formula is C15H22N2O2Si. The first-order valence-corrected chi connectivity index (χ1v) is 10.5. The van der Waals surface area contributed by atoms with E-state index in [1.165, 1.54) is 0 Å². The number of nitrogen functional groups attached to an aromatic ring is 1. The van der Waals surface area contributed by atoms with E-state index >= 15 is 0 Å². The molecule has 0 aliphatic rings. The van der Waals surface area contributed by atoms with Crippen LogP contribution >= 0.6 is 0 Å². The zero-order chi connectivity index (χ0) is 14.8. The van der Waals surface area contributed by atoms with Gasteiger partial charge in [0.25, 0.3) is 5.56 Å². The van der Waals surface area contributed by atoms with Gasteiger partial charge in [-0.25, -0.2) is 0 Å². The van der Waals surface area contributed by atoms with Gasteiger partial charge in [-0.15, -0.1) is 0 Å². The second kappa shape index (κ2) is 5.81. The Kier molecular flexibility index (Phi) is 4.30. The van der Waals surface area contributed by atoms with Gasteiger partial charge in [-0.3, -0.25) is 9.36 Å². The smallest absolute Gasteiger partial charge is 0.260 e. The zero-order valence-electron chi connectivity index (χ0n) is 12.3. The van der Waals surface area contributed by atoms with E-state index in [4.69, 9.17) is 10.5 Å². The molecule has 0 bridgehead atoms. The van der Waals surface area contributed by atoms with Gasteiger partial charge in [-0.2, -0.15) is 0 Å². The third-order valence-electron chi connectivity index (χ3n) is 3.23. The molecule has 5 heteroatoms. The number of rotatable bonds is 5. The second-order valence-corrected chi connectivity index (χ2v) is 11.9. The molecule has 0 saturated heterocycles. The number of benzene rings is 1. The molecule has 0 spiro atoms. The van der Waals surface area contributed by atoms with Gasteiger partial charge >= 0.3 is 0 Å². The average Bonchev–Trinajstić information content (AvgIpc) is 2.35. The van der Waals surface area contributed by atoms with Crippen molar-refractivity contribution in [2.45, 2.75) is 32.4 Å². The number of hydrogen-bond acceptors (Lipinski definition) is 3. The van der Waals surface area contributed by atoms with Gasteiger partial charge in [0, 0.05) is 32.0 Å². The topological polar surface area (TPSA) is 57.2 Å². The first-order valence-electron chi connectivity index (χ1n) is 6.83. The summed E-state index contributed by atoms with van der Waals surface area (Å²) in [5, 5.41) is 1.55. The molecule has 1 heterocycles. The number of hydrogen-bond donors (Lipinski definition) is 1. The van der Waals surface area contributed by atoms with Crippen molar-refractivity contribution < 1.29 is 4.74 Å². The maximum Gasteiger partial charge on any atom is 0.260 e. The minimum absolute atomic E-state index is 0.0319. The molecule has 20 heavy (non-hydrogen) atoms. The Morgan fingerprint density at radius 3 is 2.70 bits per heavy atom. The van der Waals surface area contributed by atoms with Gasteiger partial charge in [-0.1, -0.05) is 19.6 Å². The standard InChI is InChI=1S/C15H22N2O2Si/c1-20(2,3)9-8-19-11-17-7-6-12-10-13(16)4-5-14(12)15(17)18/h4-7,10H,8-9,11,16H2,1-3H3. The highest BCUT2D eigenvalue weighted by atomic mass is 28.3. The number of anilines is 1. The molecule has 4 nitrogen and oxygen atoms in total. The number of nitrogens with two attached hydrogens (primary N) is 1. The van der Waals surface area contributed by atoms with Crippen LogP contribution < -0.4 is 11.3 Å². The number of pyridine rings is 1. The van der Waals surface area contributed by atoms with Crippen LogP contribution in [0.3, 0.4) is 0 Å². The highest BCUT2D eigenvalue weighted by Gasteiger charge is 2.12. The fourth-order valence-corrected chi connectivity index (χ4v) is 2.71. The number of aromatic nitrogens is 1. The van der Waals surface area contributed by atoms with Crippen LogP contribution in [-0.2, 0) is 11.5 Å². The van der Waals surface area contributed by atoms with Crippen LogP contribution in [0.2, 0.25) is 25.7 Å². The van der Waals surface area contributed by atoms with E-state index in [0.717, 1.165) is 11.4 Å². The maximum atomic E-state index is 12.3. The Morgan fingerprint density at radius 1 is 1.25 bits per heavy atom. The SMILES string of the molecule is C[Si](C)(C)CCOCn1ccc2cc(N)ccc2c1=O. The molecule has 108 valence electrons. The molecule has 0 atom stereocenters. The largest absolute Gasteiger partial charge is 0.399 e. The van der Waals surface area contributed by atoms with E-state index in [9.17, 15) is 4.79 Å². The minimum Gasteiger partial charge on any atom is -0.399 e. The molecule has 0 saturated carbocycles. The Balaban J connectivity index is 2.10. The third kappa shape index (κ3) is 3.71. The predicted octanol–water partition coefficient (Wildman–Crippen LogP) is 2.90. The molecule has 1 aromatic carbocycles. The Hall–Kier alpha value is -1.59. The third-order valence-corrected chi connectivity index (χ3v) is 4.93. The predicted molar refractivity (Wildman–Crippen MR) is 86.7 cm³/mol. The van der Waals surface area contributed by atoms with Crippen LogP contribution in [0.1, 0.15) is 0 Å². The van der Waals surface area contributed by atoms with Crippen LogP contribution in [-0.4, -0.2) is 19.2 Å². The highest BCUT2D eigenvalue weighted by molar-refractivity contribution is 6.76. The lowest BCUT2D eigenvalue weighted by molar-refractivity contribution is 0.0851. The number of fused-ring (bicyclic) bond motifs is 1. The average molecular weight is 290 g/mol. The van der Waals surface area contributed by atoms with Crippen molar-refractivity contribution in [1.29, 1.82) is 0 Å². The molecule has 2 aromatic rings. The fraction of sp³-hybridized carbons (Fsp3) is 0.400. The van der Waals surface area contributed by atoms with Crippen molar-refractivity contribution in [3.63, 3.8) is 0 Å². The van der Waals surface area contributed by atoms with Crippen molar-refractivity contribution >= 4 is 24.5 Å². The number of ether oxygens (including phenoxy) is 1. The van der Waals surface area contributed by atoms with Crippen LogP contribution in [0, 0.1) is 0 Å². The summed E-state index contributed by atoms with van der Waals surface area (Å²) in [7, 11) is -1.09. The molecule has 0 unspecified atom stereocenters. The van der Waals surface area contributed by atoms with Gasteiger partial charge in [-0.05, 0) is 35.7 Å². The molecule has 0 radical (unpaired) electrons. The maximum absolute atomic E-state index is 12.3. The molecular weight excluding hydrogens is 268 g/mol. The summed E-state index contributed by atoms with van der Waals surface area (Å²) >= 11 is 0. The van der Waals surface area contributed by atoms with Crippen molar-refractivity contribution in [3.05, 3.63) is 40.8 Å². The second-order valence-electron chi connectivity index (χ2n) is 6.29. The first-order chi connectivity index (χ1) is 9.37. The Labute approximate surface area is 120 Å². The van der Waals surface area contributed by atoms with Crippen LogP contribution in [0.15, 0.2) is 35.3 Å². The zero-order valence-corrected chi connectivity index (χ0v) is 13.3. The van der Waals surface area contributed by atoms with E-state index in [0.29, 0.717) is 24.4 Å². The lowest BCUT2D eigenvalue weighted by atomic mass is 10.1. The van der Waals surface area contributed by atoms with E-state index in [-0.39, 0.29) is 5.56 Å². The van der Waals surface area contributed by atoms with Gasteiger partial charge in [0.2, 0.25) is 0 Å². The van der Waals surface area contributed by atoms with Gasteiger partial charge in [0.1, 0.15) is 6.73 Å². The molecule has 2 N–H and O–H groups in total. The number of nitrogens with zero attached hydrogens (tertiary/aromatic N) is 1. The van der Waals surface area contributed by atoms with Crippen molar-refractivity contribution in [3.8, 4) is 0 Å². The fourth-order valence-electron chi connectivity index (χ4n) is 1.95. The van der Waals surface area contributed by atoms with Crippen LogP contribution in [0.25, 0.3) is 10.8 Å². The van der Waals surface area contributed by atoms with E-state index < -0.39 is 8.07 Å².